The Balaban J connectivity index is 1.71. The maximum Gasteiger partial charge on any atom is 0.277 e. The molecule has 1 fully saturated rings. The van der Waals surface area contributed by atoms with Crippen molar-refractivity contribution in [3.8, 4) is 0 Å². The van der Waals surface area contributed by atoms with Crippen LogP contribution in [0.4, 0.5) is 5.69 Å². The van der Waals surface area contributed by atoms with E-state index in [0.717, 1.165) is 28.6 Å². The Morgan fingerprint density at radius 2 is 2.40 bits per heavy atom. The molecule has 1 aromatic heterocycles. The number of halogens is 1. The second-order valence-corrected chi connectivity index (χ2v) is 5.93. The van der Waals surface area contributed by atoms with Gasteiger partial charge in [-0.3, -0.25) is 4.79 Å². The number of oxazole rings is 1. The van der Waals surface area contributed by atoms with Crippen LogP contribution in [0.3, 0.4) is 0 Å². The van der Waals surface area contributed by atoms with Gasteiger partial charge in [0.2, 0.25) is 5.89 Å². The molecule has 0 spiro atoms. The minimum Gasteiger partial charge on any atom is -0.446 e. The highest BCUT2D eigenvalue weighted by Gasteiger charge is 2.22. The molecule has 5 nitrogen and oxygen atoms in total. The summed E-state index contributed by atoms with van der Waals surface area (Å²) in [6.45, 7) is 0.969. The number of nitrogens with zero attached hydrogens (tertiary/aromatic N) is 1. The van der Waals surface area contributed by atoms with Gasteiger partial charge in [-0.2, -0.15) is 0 Å². The van der Waals surface area contributed by atoms with Gasteiger partial charge in [0.25, 0.3) is 5.91 Å². The zero-order valence-electron chi connectivity index (χ0n) is 10.7. The Hall–Kier alpha value is -1.41. The van der Waals surface area contributed by atoms with E-state index >= 15 is 0 Å². The summed E-state index contributed by atoms with van der Waals surface area (Å²) in [6, 6.07) is 7.75. The highest BCUT2D eigenvalue weighted by Crippen LogP contribution is 2.22. The fraction of sp³-hybridized carbons (Fsp3) is 0.286. The number of aromatic nitrogens is 1. The van der Waals surface area contributed by atoms with Crippen LogP contribution in [0.2, 0.25) is 0 Å². The number of hydrogen-bond acceptors (Lipinski definition) is 4. The van der Waals surface area contributed by atoms with E-state index in [2.05, 4.69) is 38.2 Å². The number of anilines is 1. The van der Waals surface area contributed by atoms with Gasteiger partial charge in [-0.25, -0.2) is 4.98 Å². The number of hydrogen-bond donors (Lipinski definition) is 2. The molecule has 1 saturated heterocycles. The van der Waals surface area contributed by atoms with Crippen molar-refractivity contribution in [3.05, 3.63) is 45.7 Å². The van der Waals surface area contributed by atoms with Gasteiger partial charge in [0.05, 0.1) is 6.04 Å². The molecule has 2 heterocycles. The van der Waals surface area contributed by atoms with Crippen LogP contribution in [-0.4, -0.2) is 17.4 Å². The summed E-state index contributed by atoms with van der Waals surface area (Å²) >= 11 is 2.20. The van der Waals surface area contributed by atoms with Gasteiger partial charge in [-0.05, 0) is 60.2 Å². The van der Waals surface area contributed by atoms with E-state index < -0.39 is 0 Å². The molecule has 2 N–H and O–H groups in total. The Morgan fingerprint density at radius 1 is 1.50 bits per heavy atom. The van der Waals surface area contributed by atoms with E-state index in [1.165, 1.54) is 6.26 Å². The van der Waals surface area contributed by atoms with Crippen LogP contribution in [0.15, 0.2) is 34.9 Å². The second kappa shape index (κ2) is 5.92. The number of amides is 1. The van der Waals surface area contributed by atoms with Crippen molar-refractivity contribution in [1.29, 1.82) is 0 Å². The average molecular weight is 383 g/mol. The molecule has 1 aromatic carbocycles. The first-order chi connectivity index (χ1) is 9.72. The smallest absolute Gasteiger partial charge is 0.277 e. The molecular weight excluding hydrogens is 369 g/mol. The first-order valence-corrected chi connectivity index (χ1v) is 7.56. The van der Waals surface area contributed by atoms with Crippen molar-refractivity contribution in [3.63, 3.8) is 0 Å². The predicted octanol–water partition coefficient (Wildman–Crippen LogP) is 2.96. The molecule has 1 amide bonds. The SMILES string of the molecule is O=C(Nc1cccc(I)c1)c1coc(C2CCCN2)n1. The van der Waals surface area contributed by atoms with Crippen molar-refractivity contribution in [2.24, 2.45) is 0 Å². The Labute approximate surface area is 130 Å². The summed E-state index contributed by atoms with van der Waals surface area (Å²) in [4.78, 5) is 16.4. The van der Waals surface area contributed by atoms with Crippen molar-refractivity contribution in [2.75, 3.05) is 11.9 Å². The van der Waals surface area contributed by atoms with Gasteiger partial charge in [0, 0.05) is 9.26 Å². The molecule has 6 heteroatoms. The van der Waals surface area contributed by atoms with Gasteiger partial charge in [-0.1, -0.05) is 6.07 Å². The molecule has 0 aliphatic carbocycles. The van der Waals surface area contributed by atoms with Crippen LogP contribution in [-0.2, 0) is 0 Å². The molecule has 1 aliphatic rings. The van der Waals surface area contributed by atoms with Crippen molar-refractivity contribution in [1.82, 2.24) is 10.3 Å². The van der Waals surface area contributed by atoms with Gasteiger partial charge in [0.1, 0.15) is 6.26 Å². The number of benzene rings is 1. The van der Waals surface area contributed by atoms with E-state index in [0.29, 0.717) is 11.6 Å². The van der Waals surface area contributed by atoms with Crippen molar-refractivity contribution in [2.45, 2.75) is 18.9 Å². The Kier molecular flexibility index (Phi) is 4.02. The highest BCUT2D eigenvalue weighted by atomic mass is 127. The fourth-order valence-corrected chi connectivity index (χ4v) is 2.75. The van der Waals surface area contributed by atoms with Crippen LogP contribution < -0.4 is 10.6 Å². The molecule has 104 valence electrons. The van der Waals surface area contributed by atoms with E-state index in [9.17, 15) is 4.79 Å². The zero-order valence-corrected chi connectivity index (χ0v) is 12.9. The lowest BCUT2D eigenvalue weighted by molar-refractivity contribution is 0.102. The molecule has 2 aromatic rings. The van der Waals surface area contributed by atoms with Crippen molar-refractivity contribution < 1.29 is 9.21 Å². The molecule has 3 rings (SSSR count). The van der Waals surface area contributed by atoms with E-state index in [4.69, 9.17) is 4.42 Å². The average Bonchev–Trinajstić information content (AvgIpc) is 3.10. The third-order valence-corrected chi connectivity index (χ3v) is 3.87. The number of carbonyl (C=O) groups is 1. The van der Waals surface area contributed by atoms with Crippen LogP contribution in [0.1, 0.15) is 35.3 Å². The van der Waals surface area contributed by atoms with E-state index in [-0.39, 0.29) is 11.9 Å². The van der Waals surface area contributed by atoms with Gasteiger partial charge < -0.3 is 15.1 Å². The Bertz CT molecular complexity index is 620. The molecule has 0 saturated carbocycles. The van der Waals surface area contributed by atoms with E-state index in [1.54, 1.807) is 0 Å². The lowest BCUT2D eigenvalue weighted by Crippen LogP contribution is -2.15. The second-order valence-electron chi connectivity index (χ2n) is 4.68. The van der Waals surface area contributed by atoms with Gasteiger partial charge >= 0.3 is 0 Å². The number of rotatable bonds is 3. The first-order valence-electron chi connectivity index (χ1n) is 6.48. The zero-order chi connectivity index (χ0) is 13.9. The third kappa shape index (κ3) is 3.01. The molecular formula is C14H14IN3O2. The first kappa shape index (κ1) is 13.6. The molecule has 0 radical (unpaired) electrons. The summed E-state index contributed by atoms with van der Waals surface area (Å²) in [5.41, 5.74) is 1.07. The van der Waals surface area contributed by atoms with Crippen LogP contribution in [0, 0.1) is 3.57 Å². The van der Waals surface area contributed by atoms with E-state index in [1.807, 2.05) is 24.3 Å². The highest BCUT2D eigenvalue weighted by molar-refractivity contribution is 14.1. The van der Waals surface area contributed by atoms with Crippen molar-refractivity contribution >= 4 is 34.2 Å². The van der Waals surface area contributed by atoms with Crippen LogP contribution in [0.5, 0.6) is 0 Å². The third-order valence-electron chi connectivity index (χ3n) is 3.20. The summed E-state index contributed by atoms with van der Waals surface area (Å²) < 4.78 is 6.46. The fourth-order valence-electron chi connectivity index (χ4n) is 2.21. The normalized spacial score (nSPS) is 18.1. The molecule has 20 heavy (non-hydrogen) atoms. The standard InChI is InChI=1S/C14H14IN3O2/c15-9-3-1-4-10(7-9)17-13(19)12-8-20-14(18-12)11-5-2-6-16-11/h1,3-4,7-8,11,16H,2,5-6H2,(H,17,19). The Morgan fingerprint density at radius 3 is 3.15 bits per heavy atom. The molecule has 0 bridgehead atoms. The molecule has 1 atom stereocenters. The maximum atomic E-state index is 12.1. The van der Waals surface area contributed by atoms with Crippen LogP contribution in [0.25, 0.3) is 0 Å². The maximum absolute atomic E-state index is 12.1. The van der Waals surface area contributed by atoms with Gasteiger partial charge in [-0.15, -0.1) is 0 Å². The van der Waals surface area contributed by atoms with Gasteiger partial charge in [0.15, 0.2) is 5.69 Å². The predicted molar refractivity (Wildman–Crippen MR) is 83.6 cm³/mol. The summed E-state index contributed by atoms with van der Waals surface area (Å²) in [5.74, 6) is 0.343. The lowest BCUT2D eigenvalue weighted by Gasteiger charge is -2.04. The summed E-state index contributed by atoms with van der Waals surface area (Å²) in [5, 5.41) is 6.11. The molecule has 1 aliphatic heterocycles. The molecule has 1 unspecified atom stereocenters. The number of carbonyl (C=O) groups excluding carboxylic acids is 1. The topological polar surface area (TPSA) is 67.2 Å². The number of nitrogens with one attached hydrogen (secondary N) is 2. The lowest BCUT2D eigenvalue weighted by atomic mass is 10.2. The monoisotopic (exact) mass is 383 g/mol. The summed E-state index contributed by atoms with van der Waals surface area (Å²) in [6.07, 6.45) is 3.52. The van der Waals surface area contributed by atoms with Crippen LogP contribution >= 0.6 is 22.6 Å². The largest absolute Gasteiger partial charge is 0.446 e. The minimum atomic E-state index is -0.250. The minimum absolute atomic E-state index is 0.134. The summed E-state index contributed by atoms with van der Waals surface area (Å²) in [7, 11) is 0. The quantitative estimate of drug-likeness (QED) is 0.800.